The van der Waals surface area contributed by atoms with E-state index in [1.807, 2.05) is 29.3 Å². The van der Waals surface area contributed by atoms with Gasteiger partial charge in [0.05, 0.1) is 7.11 Å². The van der Waals surface area contributed by atoms with Gasteiger partial charge in [-0.05, 0) is 31.4 Å². The first-order chi connectivity index (χ1) is 11.8. The third kappa shape index (κ3) is 2.65. The highest BCUT2D eigenvalue weighted by atomic mass is 32.1. The summed E-state index contributed by atoms with van der Waals surface area (Å²) in [6.45, 7) is 3.08. The number of rotatable bonds is 3. The normalized spacial score (nSPS) is 17.0. The molecule has 126 valence electrons. The molecular weight excluding hydrogens is 322 g/mol. The number of ether oxygens (including phenoxy) is 1. The smallest absolute Gasteiger partial charge is 0.267 e. The maximum Gasteiger partial charge on any atom is 0.267 e. The van der Waals surface area contributed by atoms with Gasteiger partial charge in [-0.1, -0.05) is 6.07 Å². The number of thiophene rings is 1. The minimum Gasteiger partial charge on any atom is -0.495 e. The van der Waals surface area contributed by atoms with Crippen LogP contribution in [-0.2, 0) is 12.8 Å². The predicted molar refractivity (Wildman–Crippen MR) is 95.2 cm³/mol. The van der Waals surface area contributed by atoms with Crippen molar-refractivity contribution in [3.8, 4) is 5.75 Å². The molecule has 2 aromatic heterocycles. The quantitative estimate of drug-likeness (QED) is 0.859. The average molecular weight is 343 g/mol. The summed E-state index contributed by atoms with van der Waals surface area (Å²) in [5.41, 5.74) is 1.26. The van der Waals surface area contributed by atoms with Gasteiger partial charge in [-0.25, -0.2) is 4.98 Å². The number of aryl methyl sites for hydroxylation is 1. The summed E-state index contributed by atoms with van der Waals surface area (Å²) in [4.78, 5) is 23.6. The SMILES string of the molecule is COc1c(C(=O)N2CCN(c3ccccn3)CC2)sc2c1CCC2. The van der Waals surface area contributed by atoms with E-state index in [2.05, 4.69) is 9.88 Å². The van der Waals surface area contributed by atoms with Crippen LogP contribution < -0.4 is 9.64 Å². The van der Waals surface area contributed by atoms with Gasteiger partial charge in [-0.3, -0.25) is 4.79 Å². The summed E-state index contributed by atoms with van der Waals surface area (Å²) in [5.74, 6) is 1.92. The topological polar surface area (TPSA) is 45.7 Å². The number of hydrogen-bond donors (Lipinski definition) is 0. The molecule has 3 heterocycles. The van der Waals surface area contributed by atoms with Gasteiger partial charge >= 0.3 is 0 Å². The zero-order chi connectivity index (χ0) is 16.5. The van der Waals surface area contributed by atoms with Crippen molar-refractivity contribution in [2.75, 3.05) is 38.2 Å². The van der Waals surface area contributed by atoms with Crippen molar-refractivity contribution < 1.29 is 9.53 Å². The molecule has 4 rings (SSSR count). The van der Waals surface area contributed by atoms with E-state index >= 15 is 0 Å². The first-order valence-corrected chi connectivity index (χ1v) is 9.23. The zero-order valence-corrected chi connectivity index (χ0v) is 14.6. The van der Waals surface area contributed by atoms with Crippen LogP contribution in [0.4, 0.5) is 5.82 Å². The van der Waals surface area contributed by atoms with Gasteiger partial charge in [0.25, 0.3) is 5.91 Å². The first-order valence-electron chi connectivity index (χ1n) is 8.41. The molecule has 0 N–H and O–H groups in total. The highest BCUT2D eigenvalue weighted by molar-refractivity contribution is 7.14. The summed E-state index contributed by atoms with van der Waals surface area (Å²) < 4.78 is 5.57. The van der Waals surface area contributed by atoms with Crippen LogP contribution >= 0.6 is 11.3 Å². The summed E-state index contributed by atoms with van der Waals surface area (Å²) in [5, 5.41) is 0. The molecule has 0 bridgehead atoms. The van der Waals surface area contributed by atoms with E-state index in [1.54, 1.807) is 18.4 Å². The zero-order valence-electron chi connectivity index (χ0n) is 13.8. The maximum absolute atomic E-state index is 13.0. The van der Waals surface area contributed by atoms with E-state index in [4.69, 9.17) is 4.74 Å². The lowest BCUT2D eigenvalue weighted by Crippen LogP contribution is -2.48. The Hall–Kier alpha value is -2.08. The number of pyridine rings is 1. The number of carbonyl (C=O) groups is 1. The largest absolute Gasteiger partial charge is 0.495 e. The Morgan fingerprint density at radius 3 is 2.75 bits per heavy atom. The molecule has 0 atom stereocenters. The fraction of sp³-hybridized carbons (Fsp3) is 0.444. The summed E-state index contributed by atoms with van der Waals surface area (Å²) in [6.07, 6.45) is 5.10. The molecule has 2 aliphatic rings. The average Bonchev–Trinajstić information content (AvgIpc) is 3.23. The van der Waals surface area contributed by atoms with E-state index in [0.717, 1.165) is 55.5 Å². The highest BCUT2D eigenvalue weighted by Crippen LogP contribution is 2.41. The Morgan fingerprint density at radius 2 is 2.04 bits per heavy atom. The number of aromatic nitrogens is 1. The fourth-order valence-corrected chi connectivity index (χ4v) is 4.88. The molecule has 24 heavy (non-hydrogen) atoms. The third-order valence-electron chi connectivity index (χ3n) is 4.81. The minimum atomic E-state index is 0.118. The Morgan fingerprint density at radius 1 is 1.21 bits per heavy atom. The van der Waals surface area contributed by atoms with Crippen LogP contribution in [0.15, 0.2) is 24.4 Å². The van der Waals surface area contributed by atoms with E-state index in [1.165, 1.54) is 16.9 Å². The van der Waals surface area contributed by atoms with Gasteiger partial charge in [-0.2, -0.15) is 0 Å². The number of anilines is 1. The molecule has 0 spiro atoms. The fourth-order valence-electron chi connectivity index (χ4n) is 3.56. The van der Waals surface area contributed by atoms with Crippen LogP contribution in [0.2, 0.25) is 0 Å². The van der Waals surface area contributed by atoms with Crippen LogP contribution in [0.1, 0.15) is 26.5 Å². The van der Waals surface area contributed by atoms with E-state index in [-0.39, 0.29) is 5.91 Å². The molecule has 0 unspecified atom stereocenters. The van der Waals surface area contributed by atoms with Crippen molar-refractivity contribution >= 4 is 23.1 Å². The number of methoxy groups -OCH3 is 1. The van der Waals surface area contributed by atoms with Crippen molar-refractivity contribution in [1.82, 2.24) is 9.88 Å². The van der Waals surface area contributed by atoms with Gasteiger partial charge in [0.15, 0.2) is 0 Å². The number of amides is 1. The van der Waals surface area contributed by atoms with Crippen LogP contribution in [0.3, 0.4) is 0 Å². The number of piperazine rings is 1. The number of nitrogens with zero attached hydrogens (tertiary/aromatic N) is 3. The molecule has 2 aromatic rings. The molecule has 5 nitrogen and oxygen atoms in total. The molecular formula is C18H21N3O2S. The first kappa shape index (κ1) is 15.4. The monoisotopic (exact) mass is 343 g/mol. The third-order valence-corrected chi connectivity index (χ3v) is 6.07. The summed E-state index contributed by atoms with van der Waals surface area (Å²) in [7, 11) is 1.68. The van der Waals surface area contributed by atoms with E-state index in [0.29, 0.717) is 0 Å². The Labute approximate surface area is 145 Å². The molecule has 0 radical (unpaired) electrons. The van der Waals surface area contributed by atoms with E-state index in [9.17, 15) is 4.79 Å². The predicted octanol–water partition coefficient (Wildman–Crippen LogP) is 2.60. The lowest BCUT2D eigenvalue weighted by Gasteiger charge is -2.35. The number of fused-ring (bicyclic) bond motifs is 1. The van der Waals surface area contributed by atoms with Gasteiger partial charge < -0.3 is 14.5 Å². The molecule has 0 saturated carbocycles. The summed E-state index contributed by atoms with van der Waals surface area (Å²) in [6, 6.07) is 5.94. The molecule has 1 aliphatic carbocycles. The van der Waals surface area contributed by atoms with Crippen molar-refractivity contribution in [1.29, 1.82) is 0 Å². The van der Waals surface area contributed by atoms with Gasteiger partial charge in [0, 0.05) is 42.8 Å². The molecule has 1 amide bonds. The van der Waals surface area contributed by atoms with Crippen LogP contribution in [0, 0.1) is 0 Å². The Kier molecular flexibility index (Phi) is 4.14. The maximum atomic E-state index is 13.0. The van der Waals surface area contributed by atoms with Crippen LogP contribution in [-0.4, -0.2) is 49.1 Å². The lowest BCUT2D eigenvalue weighted by atomic mass is 10.2. The summed E-state index contributed by atoms with van der Waals surface area (Å²) >= 11 is 1.63. The molecule has 0 aromatic carbocycles. The lowest BCUT2D eigenvalue weighted by molar-refractivity contribution is 0.0748. The van der Waals surface area contributed by atoms with Crippen LogP contribution in [0.5, 0.6) is 5.75 Å². The molecule has 1 aliphatic heterocycles. The van der Waals surface area contributed by atoms with Crippen molar-refractivity contribution in [2.24, 2.45) is 0 Å². The highest BCUT2D eigenvalue weighted by Gasteiger charge is 2.30. The van der Waals surface area contributed by atoms with Gasteiger partial charge in [0.2, 0.25) is 0 Å². The van der Waals surface area contributed by atoms with E-state index < -0.39 is 0 Å². The number of hydrogen-bond acceptors (Lipinski definition) is 5. The van der Waals surface area contributed by atoms with Gasteiger partial charge in [0.1, 0.15) is 16.4 Å². The molecule has 1 fully saturated rings. The second kappa shape index (κ2) is 6.43. The van der Waals surface area contributed by atoms with Crippen molar-refractivity contribution in [2.45, 2.75) is 19.3 Å². The Bertz CT molecular complexity index is 736. The minimum absolute atomic E-state index is 0.118. The Balaban J connectivity index is 1.47. The number of carbonyl (C=O) groups excluding carboxylic acids is 1. The molecule has 1 saturated heterocycles. The van der Waals surface area contributed by atoms with Crippen molar-refractivity contribution in [3.63, 3.8) is 0 Å². The second-order valence-electron chi connectivity index (χ2n) is 6.19. The van der Waals surface area contributed by atoms with Gasteiger partial charge in [-0.15, -0.1) is 11.3 Å². The standard InChI is InChI=1S/C18H21N3O2S/c1-23-16-13-5-4-6-14(13)24-17(16)18(22)21-11-9-20(10-12-21)15-7-2-3-8-19-15/h2-3,7-8H,4-6,9-12H2,1H3. The second-order valence-corrected chi connectivity index (χ2v) is 7.29. The van der Waals surface area contributed by atoms with Crippen molar-refractivity contribution in [3.05, 3.63) is 39.7 Å². The van der Waals surface area contributed by atoms with Crippen LogP contribution in [0.25, 0.3) is 0 Å². The molecule has 6 heteroatoms.